The molecule has 33 heavy (non-hydrogen) atoms. The highest BCUT2D eigenvalue weighted by molar-refractivity contribution is 7.10. The van der Waals surface area contributed by atoms with Crippen molar-refractivity contribution in [3.8, 4) is 11.4 Å². The third kappa shape index (κ3) is 3.80. The molecule has 8 heteroatoms. The van der Waals surface area contributed by atoms with Gasteiger partial charge < -0.3 is 14.8 Å². The van der Waals surface area contributed by atoms with Crippen LogP contribution in [0.3, 0.4) is 0 Å². The zero-order chi connectivity index (χ0) is 23.1. The van der Waals surface area contributed by atoms with Crippen molar-refractivity contribution in [2.24, 2.45) is 0 Å². The molecule has 1 N–H and O–H groups in total. The number of thiophene rings is 1. The molecule has 1 aliphatic rings. The Balaban J connectivity index is 1.68. The van der Waals surface area contributed by atoms with Gasteiger partial charge in [-0.05, 0) is 54.6 Å². The lowest BCUT2D eigenvalue weighted by Crippen LogP contribution is -2.35. The van der Waals surface area contributed by atoms with Crippen molar-refractivity contribution < 1.29 is 14.0 Å². The van der Waals surface area contributed by atoms with E-state index in [0.29, 0.717) is 53.3 Å². The lowest BCUT2D eigenvalue weighted by Gasteiger charge is -2.27. The minimum absolute atomic E-state index is 0.126. The molecule has 5 rings (SSSR count). The van der Waals surface area contributed by atoms with Gasteiger partial charge in [-0.2, -0.15) is 0 Å². The molecule has 0 radical (unpaired) electrons. The molecule has 2 amide bonds. The van der Waals surface area contributed by atoms with Crippen molar-refractivity contribution in [1.29, 1.82) is 0 Å². The lowest BCUT2D eigenvalue weighted by molar-refractivity contribution is -0.114. The van der Waals surface area contributed by atoms with Crippen LogP contribution in [0.2, 0.25) is 0 Å². The molecule has 0 bridgehead atoms. The van der Waals surface area contributed by atoms with Crippen LogP contribution in [0.25, 0.3) is 22.4 Å². The standard InChI is InChI=1S/C25H23FN4O2S/c1-3-30-23-19(25(32)29-10-8-22-16(14-29)9-11-33-22)12-17(27-15(2)31)13-21(23)28-24(30)18-6-4-5-7-20(18)26/h4-7,9,11-13H,3,8,10,14H2,1-2H3,(H,27,31). The van der Waals surface area contributed by atoms with Gasteiger partial charge in [0.15, 0.2) is 0 Å². The Morgan fingerprint density at radius 3 is 2.79 bits per heavy atom. The van der Waals surface area contributed by atoms with E-state index >= 15 is 0 Å². The van der Waals surface area contributed by atoms with E-state index in [2.05, 4.69) is 16.8 Å². The van der Waals surface area contributed by atoms with Gasteiger partial charge in [-0.15, -0.1) is 11.3 Å². The van der Waals surface area contributed by atoms with Gasteiger partial charge >= 0.3 is 0 Å². The van der Waals surface area contributed by atoms with Crippen molar-refractivity contribution in [3.05, 3.63) is 69.7 Å². The third-order valence-corrected chi connectivity index (χ3v) is 6.94. The normalized spacial score (nSPS) is 13.2. The number of rotatable bonds is 4. The van der Waals surface area contributed by atoms with Crippen LogP contribution in [0, 0.1) is 5.82 Å². The number of anilines is 1. The van der Waals surface area contributed by atoms with Crippen LogP contribution in [0.4, 0.5) is 10.1 Å². The van der Waals surface area contributed by atoms with Gasteiger partial charge in [0.2, 0.25) is 5.91 Å². The number of aromatic nitrogens is 2. The number of hydrogen-bond acceptors (Lipinski definition) is 4. The van der Waals surface area contributed by atoms with Crippen LogP contribution in [-0.4, -0.2) is 32.8 Å². The first-order valence-electron chi connectivity index (χ1n) is 10.9. The molecule has 1 aliphatic heterocycles. The largest absolute Gasteiger partial charge is 0.334 e. The van der Waals surface area contributed by atoms with Gasteiger partial charge in [-0.1, -0.05) is 12.1 Å². The molecule has 0 spiro atoms. The summed E-state index contributed by atoms with van der Waals surface area (Å²) in [7, 11) is 0. The van der Waals surface area contributed by atoms with Crippen molar-refractivity contribution in [2.75, 3.05) is 11.9 Å². The molecule has 0 saturated carbocycles. The fourth-order valence-corrected chi connectivity index (χ4v) is 5.34. The molecule has 0 fully saturated rings. The Bertz CT molecular complexity index is 1390. The molecule has 168 valence electrons. The Kier molecular flexibility index (Phi) is 5.46. The number of halogens is 1. The average Bonchev–Trinajstić information content (AvgIpc) is 3.41. The van der Waals surface area contributed by atoms with Crippen LogP contribution in [0.1, 0.15) is 34.6 Å². The predicted molar refractivity (Wildman–Crippen MR) is 128 cm³/mol. The quantitative estimate of drug-likeness (QED) is 0.460. The molecule has 6 nitrogen and oxygen atoms in total. The summed E-state index contributed by atoms with van der Waals surface area (Å²) in [5.41, 5.74) is 3.67. The zero-order valence-corrected chi connectivity index (χ0v) is 19.2. The first-order chi connectivity index (χ1) is 16.0. The zero-order valence-electron chi connectivity index (χ0n) is 18.4. The highest BCUT2D eigenvalue weighted by Crippen LogP contribution is 2.33. The Hall–Kier alpha value is -3.52. The van der Waals surface area contributed by atoms with Gasteiger partial charge in [0.1, 0.15) is 11.6 Å². The first kappa shape index (κ1) is 21.3. The van der Waals surface area contributed by atoms with Gasteiger partial charge in [0.25, 0.3) is 5.91 Å². The van der Waals surface area contributed by atoms with Crippen molar-refractivity contribution in [3.63, 3.8) is 0 Å². The van der Waals surface area contributed by atoms with Crippen molar-refractivity contribution >= 4 is 39.9 Å². The van der Waals surface area contributed by atoms with Crippen LogP contribution < -0.4 is 5.32 Å². The number of amides is 2. The maximum Gasteiger partial charge on any atom is 0.256 e. The molecule has 0 aliphatic carbocycles. The summed E-state index contributed by atoms with van der Waals surface area (Å²) >= 11 is 1.72. The fraction of sp³-hybridized carbons (Fsp3) is 0.240. The summed E-state index contributed by atoms with van der Waals surface area (Å²) in [5.74, 6) is -0.284. The van der Waals surface area contributed by atoms with E-state index in [1.165, 1.54) is 23.4 Å². The monoisotopic (exact) mass is 462 g/mol. The summed E-state index contributed by atoms with van der Waals surface area (Å²) in [5, 5.41) is 4.83. The summed E-state index contributed by atoms with van der Waals surface area (Å²) in [6, 6.07) is 12.0. The lowest BCUT2D eigenvalue weighted by atomic mass is 10.1. The van der Waals surface area contributed by atoms with E-state index in [4.69, 9.17) is 4.98 Å². The maximum absolute atomic E-state index is 14.6. The number of nitrogens with zero attached hydrogens (tertiary/aromatic N) is 3. The Labute approximate surface area is 194 Å². The number of fused-ring (bicyclic) bond motifs is 2. The highest BCUT2D eigenvalue weighted by Gasteiger charge is 2.27. The van der Waals surface area contributed by atoms with E-state index in [0.717, 1.165) is 6.42 Å². The third-order valence-electron chi connectivity index (χ3n) is 5.92. The molecule has 2 aromatic heterocycles. The SMILES string of the molecule is CCn1c(-c2ccccc2F)nc2cc(NC(C)=O)cc(C(=O)N3CCc4sccc4C3)c21. The number of nitrogens with one attached hydrogen (secondary N) is 1. The van der Waals surface area contributed by atoms with E-state index < -0.39 is 0 Å². The summed E-state index contributed by atoms with van der Waals surface area (Å²) in [6.07, 6.45) is 0.820. The minimum atomic E-state index is -0.376. The van der Waals surface area contributed by atoms with Crippen molar-refractivity contribution in [1.82, 2.24) is 14.5 Å². The predicted octanol–water partition coefficient (Wildman–Crippen LogP) is 5.08. The molecule has 3 heterocycles. The van der Waals surface area contributed by atoms with E-state index in [-0.39, 0.29) is 17.6 Å². The van der Waals surface area contributed by atoms with E-state index in [9.17, 15) is 14.0 Å². The highest BCUT2D eigenvalue weighted by atomic mass is 32.1. The Morgan fingerprint density at radius 1 is 1.21 bits per heavy atom. The van der Waals surface area contributed by atoms with Crippen LogP contribution >= 0.6 is 11.3 Å². The summed E-state index contributed by atoms with van der Waals surface area (Å²) in [6.45, 7) is 5.04. The number of carbonyl (C=O) groups is 2. The van der Waals surface area contributed by atoms with Gasteiger partial charge in [-0.25, -0.2) is 9.37 Å². The number of carbonyl (C=O) groups excluding carboxylic acids is 2. The summed E-state index contributed by atoms with van der Waals surface area (Å²) in [4.78, 5) is 33.4. The molecule has 0 saturated heterocycles. The Morgan fingerprint density at radius 2 is 2.03 bits per heavy atom. The van der Waals surface area contributed by atoms with Crippen LogP contribution in [0.15, 0.2) is 47.8 Å². The second-order valence-electron chi connectivity index (χ2n) is 8.08. The fourth-order valence-electron chi connectivity index (χ4n) is 4.46. The van der Waals surface area contributed by atoms with E-state index in [1.54, 1.807) is 41.7 Å². The smallest absolute Gasteiger partial charge is 0.256 e. The molecule has 4 aromatic rings. The number of aryl methyl sites for hydroxylation is 1. The summed E-state index contributed by atoms with van der Waals surface area (Å²) < 4.78 is 16.5. The van der Waals surface area contributed by atoms with Gasteiger partial charge in [0, 0.05) is 37.1 Å². The second kappa shape index (κ2) is 8.44. The number of hydrogen-bond donors (Lipinski definition) is 1. The second-order valence-corrected chi connectivity index (χ2v) is 9.08. The molecule has 2 aromatic carbocycles. The van der Waals surface area contributed by atoms with Gasteiger partial charge in [-0.3, -0.25) is 9.59 Å². The molecule has 0 unspecified atom stereocenters. The molecule has 0 atom stereocenters. The van der Waals surface area contributed by atoms with Crippen LogP contribution in [0.5, 0.6) is 0 Å². The minimum Gasteiger partial charge on any atom is -0.334 e. The topological polar surface area (TPSA) is 67.2 Å². The number of imidazole rings is 1. The van der Waals surface area contributed by atoms with Gasteiger partial charge in [0.05, 0.1) is 22.2 Å². The van der Waals surface area contributed by atoms with Crippen LogP contribution in [-0.2, 0) is 24.3 Å². The maximum atomic E-state index is 14.6. The molecular weight excluding hydrogens is 439 g/mol. The molecular formula is C25H23FN4O2S. The van der Waals surface area contributed by atoms with Crippen molar-refractivity contribution in [2.45, 2.75) is 33.4 Å². The van der Waals surface area contributed by atoms with E-state index in [1.807, 2.05) is 16.4 Å². The number of benzene rings is 2. The average molecular weight is 463 g/mol. The first-order valence-corrected chi connectivity index (χ1v) is 11.8.